The van der Waals surface area contributed by atoms with Crippen molar-refractivity contribution in [2.24, 2.45) is 0 Å². The van der Waals surface area contributed by atoms with Crippen LogP contribution in [0, 0.1) is 0 Å². The third-order valence-electron chi connectivity index (χ3n) is 7.03. The van der Waals surface area contributed by atoms with E-state index < -0.39 is 0 Å². The van der Waals surface area contributed by atoms with Gasteiger partial charge in [-0.2, -0.15) is 0 Å². The van der Waals surface area contributed by atoms with Gasteiger partial charge < -0.3 is 0 Å². The lowest BCUT2D eigenvalue weighted by Crippen LogP contribution is -2.17. The number of rotatable bonds is 2. The fourth-order valence-corrected chi connectivity index (χ4v) is 5.59. The predicted molar refractivity (Wildman–Crippen MR) is 118 cm³/mol. The molecule has 0 aromatic heterocycles. The number of fused-ring (bicyclic) bond motifs is 6. The average Bonchev–Trinajstić information content (AvgIpc) is 3.06. The molecule has 0 radical (unpaired) electrons. The summed E-state index contributed by atoms with van der Waals surface area (Å²) < 4.78 is 11.4. The summed E-state index contributed by atoms with van der Waals surface area (Å²) in [6, 6.07) is 18.1. The maximum absolute atomic E-state index is 11.4. The maximum atomic E-state index is 11.4. The summed E-state index contributed by atoms with van der Waals surface area (Å²) >= 11 is 0. The molecule has 0 atom stereocenters. The van der Waals surface area contributed by atoms with Crippen LogP contribution in [-0.4, -0.2) is 0 Å². The molecule has 0 N–H and O–H groups in total. The van der Waals surface area contributed by atoms with Gasteiger partial charge in [0.05, 0.1) is 0 Å². The maximum Gasteiger partial charge on any atom is 0.192 e. The molecule has 1 nitrogen and oxygen atoms in total. The summed E-state index contributed by atoms with van der Waals surface area (Å²) in [5.41, 5.74) is 12.2. The normalized spacial score (nSPS) is 17.2. The molecule has 28 heavy (non-hydrogen) atoms. The third kappa shape index (κ3) is 2.14. The van der Waals surface area contributed by atoms with Gasteiger partial charge in [0, 0.05) is 16.1 Å². The van der Waals surface area contributed by atoms with Gasteiger partial charge in [0.25, 0.3) is 0 Å². The van der Waals surface area contributed by atoms with Crippen molar-refractivity contribution >= 4 is 13.8 Å². The van der Waals surface area contributed by atoms with E-state index in [0.29, 0.717) is 0 Å². The van der Waals surface area contributed by atoms with Crippen LogP contribution in [-0.2, 0) is 21.8 Å². The first-order valence-electron chi connectivity index (χ1n) is 10.1. The van der Waals surface area contributed by atoms with Gasteiger partial charge >= 0.3 is 0 Å². The molecule has 0 bridgehead atoms. The van der Waals surface area contributed by atoms with Gasteiger partial charge in [-0.25, -0.2) is 0 Å². The van der Waals surface area contributed by atoms with Gasteiger partial charge in [-0.1, -0.05) is 58.9 Å². The molecule has 0 spiro atoms. The van der Waals surface area contributed by atoms with Crippen molar-refractivity contribution < 1.29 is 4.57 Å². The Morgan fingerprint density at radius 3 is 1.71 bits per heavy atom. The van der Waals surface area contributed by atoms with Crippen molar-refractivity contribution in [1.82, 2.24) is 0 Å². The van der Waals surface area contributed by atoms with Crippen molar-refractivity contribution in [2.45, 2.75) is 51.9 Å². The van der Waals surface area contributed by atoms with Crippen molar-refractivity contribution in [3.05, 3.63) is 76.3 Å². The van der Waals surface area contributed by atoms with Gasteiger partial charge in [0.15, 0.2) is 8.46 Å². The standard InChI is InChI=1S/C26H25OP/c1-6-15-7-9-17-19-13-24-20(14-23(19)25(2,3)21(17)11-15)18-10-8-16(28-27)12-22(18)26(24,4)5/h7-14H,6H2,1-5H3. The highest BCUT2D eigenvalue weighted by molar-refractivity contribution is 7.34. The summed E-state index contributed by atoms with van der Waals surface area (Å²) in [4.78, 5) is 0. The second-order valence-electron chi connectivity index (χ2n) is 9.25. The van der Waals surface area contributed by atoms with Crippen LogP contribution in [0.5, 0.6) is 0 Å². The van der Waals surface area contributed by atoms with Crippen molar-refractivity contribution in [3.8, 4) is 22.3 Å². The van der Waals surface area contributed by atoms with Crippen LogP contribution in [0.3, 0.4) is 0 Å². The Kier molecular flexibility index (Phi) is 3.60. The number of hydrogen-bond acceptors (Lipinski definition) is 1. The quantitative estimate of drug-likeness (QED) is 0.445. The Morgan fingerprint density at radius 2 is 1.18 bits per heavy atom. The molecular weight excluding hydrogens is 359 g/mol. The van der Waals surface area contributed by atoms with E-state index in [-0.39, 0.29) is 19.3 Å². The van der Waals surface area contributed by atoms with E-state index in [0.717, 1.165) is 11.7 Å². The third-order valence-corrected chi connectivity index (χ3v) is 7.52. The Morgan fingerprint density at radius 1 is 0.679 bits per heavy atom. The molecule has 2 aliphatic carbocycles. The molecule has 0 saturated heterocycles. The molecule has 0 unspecified atom stereocenters. The fourth-order valence-electron chi connectivity index (χ4n) is 5.27. The molecule has 0 fully saturated rings. The molecule has 5 rings (SSSR count). The van der Waals surface area contributed by atoms with E-state index in [1.54, 1.807) is 0 Å². The van der Waals surface area contributed by atoms with Gasteiger partial charge in [-0.3, -0.25) is 4.57 Å². The number of aryl methyl sites for hydroxylation is 1. The highest BCUT2D eigenvalue weighted by Gasteiger charge is 2.41. The van der Waals surface area contributed by atoms with Crippen molar-refractivity contribution in [1.29, 1.82) is 0 Å². The lowest BCUT2D eigenvalue weighted by Gasteiger charge is -2.24. The first kappa shape index (κ1) is 17.8. The number of hydrogen-bond donors (Lipinski definition) is 0. The molecule has 3 aromatic rings. The molecule has 2 heteroatoms. The van der Waals surface area contributed by atoms with E-state index in [4.69, 9.17) is 0 Å². The molecule has 140 valence electrons. The zero-order valence-corrected chi connectivity index (χ0v) is 18.1. The zero-order chi connectivity index (χ0) is 19.8. The minimum atomic E-state index is -0.0867. The second kappa shape index (κ2) is 5.65. The highest BCUT2D eigenvalue weighted by Crippen LogP contribution is 2.55. The summed E-state index contributed by atoms with van der Waals surface area (Å²) in [6.45, 7) is 11.5. The van der Waals surface area contributed by atoms with Crippen LogP contribution < -0.4 is 5.30 Å². The van der Waals surface area contributed by atoms with Gasteiger partial charge in [0.2, 0.25) is 0 Å². The van der Waals surface area contributed by atoms with Crippen LogP contribution in [0.15, 0.2) is 48.5 Å². The van der Waals surface area contributed by atoms with E-state index in [9.17, 15) is 4.57 Å². The van der Waals surface area contributed by atoms with Crippen LogP contribution in [0.1, 0.15) is 62.4 Å². The first-order valence-corrected chi connectivity index (χ1v) is 10.9. The van der Waals surface area contributed by atoms with Crippen LogP contribution in [0.25, 0.3) is 22.3 Å². The first-order chi connectivity index (χ1) is 13.3. The Balaban J connectivity index is 1.79. The monoisotopic (exact) mass is 384 g/mol. The average molecular weight is 384 g/mol. The van der Waals surface area contributed by atoms with Gasteiger partial charge in [-0.15, -0.1) is 0 Å². The van der Waals surface area contributed by atoms with Gasteiger partial charge in [-0.05, 0) is 80.8 Å². The Bertz CT molecular complexity index is 1170. The highest BCUT2D eigenvalue weighted by atomic mass is 31.1. The largest absolute Gasteiger partial charge is 0.269 e. The molecule has 0 amide bonds. The molecule has 3 aromatic carbocycles. The van der Waals surface area contributed by atoms with Crippen molar-refractivity contribution in [3.63, 3.8) is 0 Å². The van der Waals surface area contributed by atoms with Crippen LogP contribution in [0.2, 0.25) is 0 Å². The molecule has 0 aliphatic heterocycles. The predicted octanol–water partition coefficient (Wildman–Crippen LogP) is 6.78. The summed E-state index contributed by atoms with van der Waals surface area (Å²) in [5.74, 6) is 0. The lowest BCUT2D eigenvalue weighted by molar-refractivity contribution is 0.603. The topological polar surface area (TPSA) is 17.1 Å². The van der Waals surface area contributed by atoms with Crippen LogP contribution >= 0.6 is 8.46 Å². The summed E-state index contributed by atoms with van der Waals surface area (Å²) in [5, 5.41) is 0.852. The van der Waals surface area contributed by atoms with E-state index in [1.165, 1.54) is 50.1 Å². The van der Waals surface area contributed by atoms with Crippen LogP contribution in [0.4, 0.5) is 0 Å². The smallest absolute Gasteiger partial charge is 0.192 e. The van der Waals surface area contributed by atoms with E-state index in [2.05, 4.69) is 77.1 Å². The zero-order valence-electron chi connectivity index (χ0n) is 17.2. The summed E-state index contributed by atoms with van der Waals surface area (Å²) in [7, 11) is 0.0891. The Labute approximate surface area is 169 Å². The Hall–Kier alpha value is -2.24. The fraction of sp³-hybridized carbons (Fsp3) is 0.308. The minimum absolute atomic E-state index is 0.00531. The summed E-state index contributed by atoms with van der Waals surface area (Å²) in [6.07, 6.45) is 1.07. The molecular formula is C26H25OP. The minimum Gasteiger partial charge on any atom is -0.269 e. The lowest BCUT2D eigenvalue weighted by atomic mass is 9.79. The molecule has 0 heterocycles. The number of benzene rings is 3. The van der Waals surface area contributed by atoms with E-state index >= 15 is 0 Å². The molecule has 0 saturated carbocycles. The SMILES string of the molecule is CCc1ccc2c(c1)C(C)(C)c1cc3c(cc1-2)C(C)(C)c1cc(P=O)ccc1-3. The van der Waals surface area contributed by atoms with Crippen molar-refractivity contribution in [2.75, 3.05) is 0 Å². The van der Waals surface area contributed by atoms with E-state index in [1.807, 2.05) is 6.07 Å². The molecule has 2 aliphatic rings. The van der Waals surface area contributed by atoms with Gasteiger partial charge in [0.1, 0.15) is 0 Å². The second-order valence-corrected chi connectivity index (χ2v) is 9.95.